The number of benzene rings is 1. The van der Waals surface area contributed by atoms with E-state index in [1.54, 1.807) is 14.2 Å². The van der Waals surface area contributed by atoms with E-state index in [0.717, 1.165) is 30.2 Å². The molecular weight excluding hydrogens is 264 g/mol. The summed E-state index contributed by atoms with van der Waals surface area (Å²) in [6, 6.07) is 6.24. The minimum atomic E-state index is 0.236. The maximum absolute atomic E-state index is 5.52. The molecule has 0 bridgehead atoms. The minimum absolute atomic E-state index is 0.236. The van der Waals surface area contributed by atoms with E-state index in [0.29, 0.717) is 5.92 Å². The number of ether oxygens (including phenoxy) is 2. The fourth-order valence-corrected chi connectivity index (χ4v) is 2.50. The van der Waals surface area contributed by atoms with E-state index >= 15 is 0 Å². The van der Waals surface area contributed by atoms with Crippen molar-refractivity contribution in [3.63, 3.8) is 0 Å². The van der Waals surface area contributed by atoms with Gasteiger partial charge in [0.05, 0.1) is 14.2 Å². The standard InChI is InChI=1S/C17H30N2O2/c1-7-13(2)11-19(4)12-16(18-3)15-9-8-14(20-5)10-17(15)21-6/h8-10,13,16,18H,7,11-12H2,1-6H3. The largest absolute Gasteiger partial charge is 0.497 e. The normalized spacial score (nSPS) is 14.0. The quantitative estimate of drug-likeness (QED) is 0.759. The van der Waals surface area contributed by atoms with E-state index in [-0.39, 0.29) is 6.04 Å². The summed E-state index contributed by atoms with van der Waals surface area (Å²) in [5, 5.41) is 3.39. The first-order chi connectivity index (χ1) is 10.0. The Hall–Kier alpha value is -1.26. The maximum Gasteiger partial charge on any atom is 0.127 e. The Bertz CT molecular complexity index is 423. The molecule has 21 heavy (non-hydrogen) atoms. The average Bonchev–Trinajstić information content (AvgIpc) is 2.51. The predicted octanol–water partition coefficient (Wildman–Crippen LogP) is 2.94. The van der Waals surface area contributed by atoms with Gasteiger partial charge in [0, 0.05) is 30.8 Å². The summed E-state index contributed by atoms with van der Waals surface area (Å²) >= 11 is 0. The molecule has 0 saturated carbocycles. The van der Waals surface area contributed by atoms with Crippen LogP contribution in [0.15, 0.2) is 18.2 Å². The summed E-state index contributed by atoms with van der Waals surface area (Å²) in [5.74, 6) is 2.40. The molecule has 0 heterocycles. The van der Waals surface area contributed by atoms with Gasteiger partial charge in [-0.2, -0.15) is 0 Å². The number of likely N-dealkylation sites (N-methyl/N-ethyl adjacent to an activating group) is 2. The van der Waals surface area contributed by atoms with Crippen molar-refractivity contribution in [2.24, 2.45) is 5.92 Å². The van der Waals surface area contributed by atoms with Crippen molar-refractivity contribution in [1.29, 1.82) is 0 Å². The molecule has 1 N–H and O–H groups in total. The smallest absolute Gasteiger partial charge is 0.127 e. The van der Waals surface area contributed by atoms with Gasteiger partial charge in [-0.3, -0.25) is 0 Å². The molecule has 0 radical (unpaired) electrons. The highest BCUT2D eigenvalue weighted by Gasteiger charge is 2.17. The number of hydrogen-bond acceptors (Lipinski definition) is 4. The number of nitrogens with one attached hydrogen (secondary N) is 1. The van der Waals surface area contributed by atoms with Crippen molar-refractivity contribution in [3.8, 4) is 11.5 Å². The minimum Gasteiger partial charge on any atom is -0.497 e. The van der Waals surface area contributed by atoms with E-state index in [9.17, 15) is 0 Å². The number of methoxy groups -OCH3 is 2. The lowest BCUT2D eigenvalue weighted by Crippen LogP contribution is -2.34. The van der Waals surface area contributed by atoms with Gasteiger partial charge in [-0.05, 0) is 26.1 Å². The van der Waals surface area contributed by atoms with Crippen molar-refractivity contribution in [2.45, 2.75) is 26.3 Å². The second kappa shape index (κ2) is 8.90. The molecular formula is C17H30N2O2. The van der Waals surface area contributed by atoms with Crippen molar-refractivity contribution in [1.82, 2.24) is 10.2 Å². The Morgan fingerprint density at radius 2 is 1.90 bits per heavy atom. The third kappa shape index (κ3) is 5.21. The third-order valence-electron chi connectivity index (χ3n) is 3.98. The van der Waals surface area contributed by atoms with E-state index in [2.05, 4.69) is 37.2 Å². The lowest BCUT2D eigenvalue weighted by Gasteiger charge is -2.27. The van der Waals surface area contributed by atoms with Gasteiger partial charge in [-0.1, -0.05) is 26.3 Å². The zero-order valence-corrected chi connectivity index (χ0v) is 14.3. The van der Waals surface area contributed by atoms with Gasteiger partial charge < -0.3 is 19.7 Å². The zero-order valence-electron chi connectivity index (χ0n) is 14.3. The molecule has 2 unspecified atom stereocenters. The Balaban J connectivity index is 2.84. The Labute approximate surface area is 129 Å². The van der Waals surface area contributed by atoms with Crippen LogP contribution in [0.2, 0.25) is 0 Å². The highest BCUT2D eigenvalue weighted by atomic mass is 16.5. The molecule has 4 heteroatoms. The molecule has 0 aliphatic heterocycles. The second-order valence-electron chi connectivity index (χ2n) is 5.68. The van der Waals surface area contributed by atoms with E-state index < -0.39 is 0 Å². The van der Waals surface area contributed by atoms with Crippen LogP contribution in [-0.4, -0.2) is 46.3 Å². The van der Waals surface area contributed by atoms with Gasteiger partial charge in [0.1, 0.15) is 11.5 Å². The molecule has 1 aromatic carbocycles. The summed E-state index contributed by atoms with van der Waals surface area (Å²) < 4.78 is 10.8. The van der Waals surface area contributed by atoms with E-state index in [1.807, 2.05) is 19.2 Å². The first kappa shape index (κ1) is 17.8. The molecule has 1 rings (SSSR count). The summed E-state index contributed by atoms with van der Waals surface area (Å²) in [5.41, 5.74) is 1.16. The fraction of sp³-hybridized carbons (Fsp3) is 0.647. The van der Waals surface area contributed by atoms with Crippen LogP contribution < -0.4 is 14.8 Å². The van der Waals surface area contributed by atoms with Gasteiger partial charge in [-0.15, -0.1) is 0 Å². The van der Waals surface area contributed by atoms with Crippen LogP contribution in [0, 0.1) is 5.92 Å². The van der Waals surface area contributed by atoms with E-state index in [1.165, 1.54) is 6.42 Å². The van der Waals surface area contributed by atoms with Crippen molar-refractivity contribution in [3.05, 3.63) is 23.8 Å². The Kier molecular flexibility index (Phi) is 7.54. The van der Waals surface area contributed by atoms with Crippen LogP contribution in [0.25, 0.3) is 0 Å². The van der Waals surface area contributed by atoms with Crippen molar-refractivity contribution >= 4 is 0 Å². The van der Waals surface area contributed by atoms with Gasteiger partial charge in [0.25, 0.3) is 0 Å². The zero-order chi connectivity index (χ0) is 15.8. The van der Waals surface area contributed by atoms with Gasteiger partial charge in [0.15, 0.2) is 0 Å². The molecule has 0 fully saturated rings. The predicted molar refractivity (Wildman–Crippen MR) is 88.3 cm³/mol. The molecule has 0 aliphatic rings. The first-order valence-corrected chi connectivity index (χ1v) is 7.63. The summed E-state index contributed by atoms with van der Waals surface area (Å²) in [7, 11) is 7.54. The SMILES string of the molecule is CCC(C)CN(C)CC(NC)c1ccc(OC)cc1OC. The molecule has 0 amide bonds. The van der Waals surface area contributed by atoms with Crippen LogP contribution in [-0.2, 0) is 0 Å². The average molecular weight is 294 g/mol. The van der Waals surface area contributed by atoms with Crippen molar-refractivity contribution in [2.75, 3.05) is 41.4 Å². The van der Waals surface area contributed by atoms with Gasteiger partial charge >= 0.3 is 0 Å². The fourth-order valence-electron chi connectivity index (χ4n) is 2.50. The Morgan fingerprint density at radius 1 is 1.19 bits per heavy atom. The second-order valence-corrected chi connectivity index (χ2v) is 5.68. The third-order valence-corrected chi connectivity index (χ3v) is 3.98. The molecule has 4 nitrogen and oxygen atoms in total. The van der Waals surface area contributed by atoms with Crippen LogP contribution in [0.1, 0.15) is 31.9 Å². The molecule has 1 aromatic rings. The summed E-state index contributed by atoms with van der Waals surface area (Å²) in [6.45, 7) is 6.58. The van der Waals surface area contributed by atoms with Crippen LogP contribution >= 0.6 is 0 Å². The molecule has 0 aromatic heterocycles. The monoisotopic (exact) mass is 294 g/mol. The molecule has 0 spiro atoms. The lowest BCUT2D eigenvalue weighted by atomic mass is 10.0. The number of nitrogens with zero attached hydrogens (tertiary/aromatic N) is 1. The Morgan fingerprint density at radius 3 is 2.43 bits per heavy atom. The molecule has 0 saturated heterocycles. The van der Waals surface area contributed by atoms with Crippen LogP contribution in [0.5, 0.6) is 11.5 Å². The van der Waals surface area contributed by atoms with Crippen LogP contribution in [0.3, 0.4) is 0 Å². The topological polar surface area (TPSA) is 33.7 Å². The maximum atomic E-state index is 5.52. The first-order valence-electron chi connectivity index (χ1n) is 7.63. The van der Waals surface area contributed by atoms with Crippen molar-refractivity contribution < 1.29 is 9.47 Å². The summed E-state index contributed by atoms with van der Waals surface area (Å²) in [6.07, 6.45) is 1.21. The molecule has 120 valence electrons. The van der Waals surface area contributed by atoms with E-state index in [4.69, 9.17) is 9.47 Å². The lowest BCUT2D eigenvalue weighted by molar-refractivity contribution is 0.254. The van der Waals surface area contributed by atoms with Crippen LogP contribution in [0.4, 0.5) is 0 Å². The van der Waals surface area contributed by atoms with Gasteiger partial charge in [-0.25, -0.2) is 0 Å². The summed E-state index contributed by atoms with van der Waals surface area (Å²) in [4.78, 5) is 2.37. The number of hydrogen-bond donors (Lipinski definition) is 1. The highest BCUT2D eigenvalue weighted by molar-refractivity contribution is 5.42. The van der Waals surface area contributed by atoms with Gasteiger partial charge in [0.2, 0.25) is 0 Å². The molecule has 2 atom stereocenters. The molecule has 0 aliphatic carbocycles. The number of rotatable bonds is 9. The highest BCUT2D eigenvalue weighted by Crippen LogP contribution is 2.29.